The molecule has 1 N–H and O–H groups in total. The highest BCUT2D eigenvalue weighted by Crippen LogP contribution is 2.33. The Hall–Kier alpha value is -2.19. The van der Waals surface area contributed by atoms with E-state index >= 15 is 0 Å². The number of carboxylic acids is 1. The fourth-order valence-corrected chi connectivity index (χ4v) is 1.06. The van der Waals surface area contributed by atoms with Gasteiger partial charge in [0.05, 0.1) is 10.5 Å². The van der Waals surface area contributed by atoms with Crippen LogP contribution in [-0.2, 0) is 0 Å². The molecule has 0 bridgehead atoms. The van der Waals surface area contributed by atoms with Gasteiger partial charge in [-0.05, 0) is 0 Å². The molecule has 0 aliphatic heterocycles. The number of nitro groups is 1. The average molecular weight is 236 g/mol. The minimum absolute atomic E-state index is 0.312. The van der Waals surface area contributed by atoms with E-state index in [4.69, 9.17) is 5.11 Å². The van der Waals surface area contributed by atoms with E-state index in [1.165, 1.54) is 0 Å². The van der Waals surface area contributed by atoms with Gasteiger partial charge in [-0.2, -0.15) is 4.39 Å². The second-order valence-corrected chi connectivity index (χ2v) is 2.59. The van der Waals surface area contributed by atoms with E-state index in [-0.39, 0.29) is 0 Å². The number of hydrogen-bond acceptors (Lipinski definition) is 4. The monoisotopic (exact) mass is 236 g/mol. The van der Waals surface area contributed by atoms with Crippen LogP contribution in [0.5, 0.6) is 0 Å². The first-order valence-electron chi connectivity index (χ1n) is 3.70. The minimum atomic E-state index is -3.48. The molecule has 0 atom stereocenters. The molecule has 1 aromatic rings. The van der Waals surface area contributed by atoms with Crippen LogP contribution < -0.4 is 0 Å². The standard InChI is InChI=1S/C7H3F3N2O4/c8-5(9)3-2(7(13)14)1-11-6(10)4(3)12(15)16/h1,5H,(H,13,14). The van der Waals surface area contributed by atoms with E-state index < -0.39 is 40.1 Å². The minimum Gasteiger partial charge on any atom is -0.478 e. The van der Waals surface area contributed by atoms with Crippen molar-refractivity contribution in [2.24, 2.45) is 0 Å². The SMILES string of the molecule is O=C(O)c1cnc(F)c([N+](=O)[O-])c1C(F)F. The molecule has 9 heteroatoms. The van der Waals surface area contributed by atoms with Crippen LogP contribution in [0.3, 0.4) is 0 Å². The molecule has 0 unspecified atom stereocenters. The summed E-state index contributed by atoms with van der Waals surface area (Å²) in [7, 11) is 0. The normalized spacial score (nSPS) is 10.5. The van der Waals surface area contributed by atoms with Crippen molar-refractivity contribution in [3.05, 3.63) is 33.4 Å². The molecule has 0 amide bonds. The predicted octanol–water partition coefficient (Wildman–Crippen LogP) is 1.76. The molecule has 1 aromatic heterocycles. The van der Waals surface area contributed by atoms with Crippen LogP contribution >= 0.6 is 0 Å². The Kier molecular flexibility index (Phi) is 3.06. The summed E-state index contributed by atoms with van der Waals surface area (Å²) in [5, 5.41) is 18.8. The van der Waals surface area contributed by atoms with Crippen molar-refractivity contribution in [3.63, 3.8) is 0 Å². The lowest BCUT2D eigenvalue weighted by molar-refractivity contribution is -0.389. The summed E-state index contributed by atoms with van der Waals surface area (Å²) in [5.74, 6) is -3.59. The first-order chi connectivity index (χ1) is 7.36. The van der Waals surface area contributed by atoms with Crippen LogP contribution in [-0.4, -0.2) is 21.0 Å². The van der Waals surface area contributed by atoms with Gasteiger partial charge in [-0.1, -0.05) is 0 Å². The Labute approximate surface area is 85.5 Å². The lowest BCUT2D eigenvalue weighted by Crippen LogP contribution is -2.10. The number of aromatic carboxylic acids is 1. The fraction of sp³-hybridized carbons (Fsp3) is 0.143. The Balaban J connectivity index is 3.63. The smallest absolute Gasteiger partial charge is 0.338 e. The molecule has 0 spiro atoms. The van der Waals surface area contributed by atoms with Gasteiger partial charge in [-0.3, -0.25) is 10.1 Å². The predicted molar refractivity (Wildman–Crippen MR) is 42.8 cm³/mol. The molecule has 0 aromatic carbocycles. The number of hydrogen-bond donors (Lipinski definition) is 1. The molecule has 16 heavy (non-hydrogen) atoms. The fourth-order valence-electron chi connectivity index (χ4n) is 1.06. The highest BCUT2D eigenvalue weighted by Gasteiger charge is 2.33. The van der Waals surface area contributed by atoms with Gasteiger partial charge in [0.1, 0.15) is 5.56 Å². The van der Waals surface area contributed by atoms with Crippen LogP contribution in [0, 0.1) is 16.1 Å². The van der Waals surface area contributed by atoms with E-state index in [1.54, 1.807) is 0 Å². The number of halogens is 3. The number of carbonyl (C=O) groups is 1. The zero-order valence-corrected chi connectivity index (χ0v) is 7.35. The number of pyridine rings is 1. The summed E-state index contributed by atoms with van der Waals surface area (Å²) >= 11 is 0. The van der Waals surface area contributed by atoms with Gasteiger partial charge in [0.25, 0.3) is 12.4 Å². The van der Waals surface area contributed by atoms with Gasteiger partial charge < -0.3 is 5.11 Å². The molecule has 0 aliphatic carbocycles. The van der Waals surface area contributed by atoms with E-state index in [9.17, 15) is 28.1 Å². The molecule has 0 aliphatic rings. The molecule has 0 saturated carbocycles. The maximum absolute atomic E-state index is 12.8. The molecule has 1 heterocycles. The van der Waals surface area contributed by atoms with Crippen molar-refractivity contribution in [2.45, 2.75) is 6.43 Å². The summed E-state index contributed by atoms with van der Waals surface area (Å²) in [6.45, 7) is 0. The van der Waals surface area contributed by atoms with E-state index in [1.807, 2.05) is 0 Å². The average Bonchev–Trinajstić information content (AvgIpc) is 2.15. The first-order valence-corrected chi connectivity index (χ1v) is 3.70. The van der Waals surface area contributed by atoms with Crippen molar-refractivity contribution < 1.29 is 28.0 Å². The van der Waals surface area contributed by atoms with Gasteiger partial charge in [0.2, 0.25) is 0 Å². The van der Waals surface area contributed by atoms with Gasteiger partial charge in [0, 0.05) is 6.20 Å². The number of nitrogens with zero attached hydrogens (tertiary/aromatic N) is 2. The van der Waals surface area contributed by atoms with Crippen molar-refractivity contribution in [1.82, 2.24) is 4.98 Å². The van der Waals surface area contributed by atoms with E-state index in [0.717, 1.165) is 0 Å². The van der Waals surface area contributed by atoms with Crippen LogP contribution in [0.1, 0.15) is 22.3 Å². The lowest BCUT2D eigenvalue weighted by Gasteiger charge is -2.05. The van der Waals surface area contributed by atoms with Gasteiger partial charge in [-0.25, -0.2) is 18.6 Å². The molecule has 0 saturated heterocycles. The van der Waals surface area contributed by atoms with Crippen LogP contribution in [0.25, 0.3) is 0 Å². The third-order valence-electron chi connectivity index (χ3n) is 1.68. The maximum atomic E-state index is 12.8. The molecule has 0 fully saturated rings. The quantitative estimate of drug-likeness (QED) is 0.490. The Morgan fingerprint density at radius 1 is 1.56 bits per heavy atom. The molecular weight excluding hydrogens is 233 g/mol. The molecule has 0 radical (unpaired) electrons. The number of rotatable bonds is 3. The summed E-state index contributed by atoms with van der Waals surface area (Å²) in [4.78, 5) is 22.1. The molecular formula is C7H3F3N2O4. The van der Waals surface area contributed by atoms with Crippen LogP contribution in [0.4, 0.5) is 18.9 Å². The molecule has 6 nitrogen and oxygen atoms in total. The molecule has 86 valence electrons. The van der Waals surface area contributed by atoms with Crippen molar-refractivity contribution in [1.29, 1.82) is 0 Å². The molecule has 1 rings (SSSR count). The third kappa shape index (κ3) is 1.92. The van der Waals surface area contributed by atoms with Crippen molar-refractivity contribution >= 4 is 11.7 Å². The van der Waals surface area contributed by atoms with Crippen molar-refractivity contribution in [3.8, 4) is 0 Å². The summed E-state index contributed by atoms with van der Waals surface area (Å²) in [6.07, 6.45) is -3.17. The largest absolute Gasteiger partial charge is 0.478 e. The van der Waals surface area contributed by atoms with Gasteiger partial charge in [-0.15, -0.1) is 0 Å². The van der Waals surface area contributed by atoms with Crippen molar-refractivity contribution in [2.75, 3.05) is 0 Å². The van der Waals surface area contributed by atoms with E-state index in [2.05, 4.69) is 4.98 Å². The number of aromatic nitrogens is 1. The van der Waals surface area contributed by atoms with Gasteiger partial charge in [0.15, 0.2) is 0 Å². The highest BCUT2D eigenvalue weighted by molar-refractivity contribution is 5.90. The zero-order chi connectivity index (χ0) is 12.5. The van der Waals surface area contributed by atoms with E-state index in [0.29, 0.717) is 6.20 Å². The first kappa shape index (κ1) is 11.9. The Morgan fingerprint density at radius 2 is 2.12 bits per heavy atom. The Bertz CT molecular complexity index is 463. The van der Waals surface area contributed by atoms with Crippen LogP contribution in [0.15, 0.2) is 6.20 Å². The van der Waals surface area contributed by atoms with Crippen LogP contribution in [0.2, 0.25) is 0 Å². The number of alkyl halides is 2. The summed E-state index contributed by atoms with van der Waals surface area (Å²) < 4.78 is 37.7. The lowest BCUT2D eigenvalue weighted by atomic mass is 10.1. The topological polar surface area (TPSA) is 93.3 Å². The summed E-state index contributed by atoms with van der Waals surface area (Å²) in [6, 6.07) is 0. The Morgan fingerprint density at radius 3 is 2.50 bits per heavy atom. The van der Waals surface area contributed by atoms with Gasteiger partial charge >= 0.3 is 11.7 Å². The summed E-state index contributed by atoms with van der Waals surface area (Å²) in [5.41, 5.74) is -4.19. The maximum Gasteiger partial charge on any atom is 0.338 e. The highest BCUT2D eigenvalue weighted by atomic mass is 19.3. The number of carboxylic acid groups (broad SMARTS) is 1. The second-order valence-electron chi connectivity index (χ2n) is 2.59. The second kappa shape index (κ2) is 4.13. The zero-order valence-electron chi connectivity index (χ0n) is 7.35. The third-order valence-corrected chi connectivity index (χ3v) is 1.68.